The molecule has 0 aliphatic rings. The highest BCUT2D eigenvalue weighted by molar-refractivity contribution is 7.90. The first kappa shape index (κ1) is 16.2. The van der Waals surface area contributed by atoms with Gasteiger partial charge in [0.15, 0.2) is 0 Å². The van der Waals surface area contributed by atoms with Crippen molar-refractivity contribution >= 4 is 20.2 Å². The fraction of sp³-hybridized carbons (Fsp3) is 0.818. The van der Waals surface area contributed by atoms with Crippen LogP contribution in [-0.4, -0.2) is 17.2 Å². The van der Waals surface area contributed by atoms with Crippen molar-refractivity contribution in [2.75, 3.05) is 0 Å². The van der Waals surface area contributed by atoms with Gasteiger partial charge in [0, 0.05) is 0 Å². The molecule has 0 rings (SSSR count). The zero-order valence-corrected chi connectivity index (χ0v) is 12.6. The molecular weight excluding hydrogens is 243 g/mol. The molecule has 0 aliphatic heterocycles. The Balaban J connectivity index is 4.76. The Morgan fingerprint density at radius 1 is 1.25 bits per heavy atom. The lowest BCUT2D eigenvalue weighted by atomic mass is 10.3. The van der Waals surface area contributed by atoms with Gasteiger partial charge in [-0.3, -0.25) is 4.57 Å². The average Bonchev–Trinajstić information content (AvgIpc) is 1.98. The molecule has 0 aromatic heterocycles. The molecule has 3 nitrogen and oxygen atoms in total. The molecule has 0 amide bonds. The van der Waals surface area contributed by atoms with E-state index in [9.17, 15) is 4.57 Å². The summed E-state index contributed by atoms with van der Waals surface area (Å²) in [5.41, 5.74) is 0.917. The molecule has 0 fully saturated rings. The largest absolute Gasteiger partial charge is 0.344 e. The van der Waals surface area contributed by atoms with E-state index in [1.165, 1.54) is 0 Å². The molecule has 0 radical (unpaired) electrons. The summed E-state index contributed by atoms with van der Waals surface area (Å²) in [6.45, 7) is 13.0. The van der Waals surface area contributed by atoms with Gasteiger partial charge in [0.25, 0.3) is 0 Å². The summed E-state index contributed by atoms with van der Waals surface area (Å²) >= 11 is 4.33. The van der Waals surface area contributed by atoms with Crippen LogP contribution in [0.5, 0.6) is 0 Å². The molecule has 0 saturated carbocycles. The zero-order valence-electron chi connectivity index (χ0n) is 10.8. The second-order valence-corrected chi connectivity index (χ2v) is 7.65. The molecule has 0 aromatic carbocycles. The third-order valence-electron chi connectivity index (χ3n) is 1.61. The summed E-state index contributed by atoms with van der Waals surface area (Å²) in [5, 5.41) is 0. The predicted molar refractivity (Wildman–Crippen MR) is 72.3 cm³/mol. The van der Waals surface area contributed by atoms with Crippen molar-refractivity contribution in [1.82, 2.24) is 0 Å². The quantitative estimate of drug-likeness (QED) is 0.425. The Morgan fingerprint density at radius 3 is 1.88 bits per heavy atom. The molecule has 0 N–H and O–H groups in total. The molecule has 0 spiro atoms. The molecule has 0 aromatic rings. The highest BCUT2D eigenvalue weighted by Crippen LogP contribution is 2.58. The monoisotopic (exact) mass is 266 g/mol. The van der Waals surface area contributed by atoms with Gasteiger partial charge in [-0.15, -0.1) is 6.58 Å². The van der Waals surface area contributed by atoms with Gasteiger partial charge >= 0.3 is 7.60 Å². The SMILES string of the molecule is C=C(C)CC(S)P(=O)(OC(C)C)OC(C)C. The van der Waals surface area contributed by atoms with Crippen LogP contribution in [0.15, 0.2) is 12.2 Å². The van der Waals surface area contributed by atoms with Crippen molar-refractivity contribution in [2.24, 2.45) is 0 Å². The van der Waals surface area contributed by atoms with Crippen LogP contribution in [0, 0.1) is 0 Å². The molecule has 16 heavy (non-hydrogen) atoms. The summed E-state index contributed by atoms with van der Waals surface area (Å²) in [4.78, 5) is -0.449. The second-order valence-electron chi connectivity index (χ2n) is 4.49. The third-order valence-corrected chi connectivity index (χ3v) is 4.99. The summed E-state index contributed by atoms with van der Waals surface area (Å²) in [7, 11) is -3.17. The first-order valence-electron chi connectivity index (χ1n) is 5.46. The fourth-order valence-electron chi connectivity index (χ4n) is 1.18. The summed E-state index contributed by atoms with van der Waals surface area (Å²) in [6, 6.07) is 0. The Kier molecular flexibility index (Phi) is 6.95. The number of hydrogen-bond donors (Lipinski definition) is 1. The molecule has 0 saturated heterocycles. The van der Waals surface area contributed by atoms with E-state index in [4.69, 9.17) is 9.05 Å². The summed E-state index contributed by atoms with van der Waals surface area (Å²) < 4.78 is 23.4. The molecule has 0 bridgehead atoms. The van der Waals surface area contributed by atoms with Crippen LogP contribution in [-0.2, 0) is 13.6 Å². The van der Waals surface area contributed by atoms with Crippen molar-refractivity contribution in [1.29, 1.82) is 0 Å². The van der Waals surface area contributed by atoms with Crippen LogP contribution in [0.1, 0.15) is 41.0 Å². The van der Waals surface area contributed by atoms with Crippen molar-refractivity contribution in [2.45, 2.75) is 58.2 Å². The van der Waals surface area contributed by atoms with E-state index in [-0.39, 0.29) is 12.2 Å². The molecular formula is C11H23O3PS. The standard InChI is InChI=1S/C11H23O3PS/c1-8(2)7-11(16)15(12,13-9(3)4)14-10(5)6/h9-11,16H,1,7H2,2-6H3. The molecule has 1 atom stereocenters. The number of rotatable bonds is 7. The van der Waals surface area contributed by atoms with Crippen molar-refractivity contribution in [3.8, 4) is 0 Å². The maximum atomic E-state index is 12.5. The van der Waals surface area contributed by atoms with Crippen LogP contribution in [0.25, 0.3) is 0 Å². The molecule has 5 heteroatoms. The molecule has 0 aliphatic carbocycles. The molecule has 0 heterocycles. The van der Waals surface area contributed by atoms with Crippen LogP contribution in [0.3, 0.4) is 0 Å². The van der Waals surface area contributed by atoms with Gasteiger partial charge in [-0.2, -0.15) is 12.6 Å². The summed E-state index contributed by atoms with van der Waals surface area (Å²) in [5.74, 6) is 0. The van der Waals surface area contributed by atoms with E-state index in [0.29, 0.717) is 6.42 Å². The highest BCUT2D eigenvalue weighted by atomic mass is 32.1. The lowest BCUT2D eigenvalue weighted by Crippen LogP contribution is -2.15. The van der Waals surface area contributed by atoms with Crippen LogP contribution in [0.2, 0.25) is 0 Å². The van der Waals surface area contributed by atoms with E-state index < -0.39 is 12.6 Å². The second kappa shape index (κ2) is 6.85. The van der Waals surface area contributed by atoms with Crippen LogP contribution < -0.4 is 0 Å². The van der Waals surface area contributed by atoms with Crippen LogP contribution in [0.4, 0.5) is 0 Å². The van der Waals surface area contributed by atoms with Gasteiger partial charge in [-0.25, -0.2) is 0 Å². The number of thiol groups is 1. The third kappa shape index (κ3) is 6.09. The Bertz CT molecular complexity index is 262. The van der Waals surface area contributed by atoms with Gasteiger partial charge in [0.1, 0.15) is 4.99 Å². The van der Waals surface area contributed by atoms with Crippen LogP contribution >= 0.6 is 20.2 Å². The predicted octanol–water partition coefficient (Wildman–Crippen LogP) is 4.25. The minimum absolute atomic E-state index is 0.149. The van der Waals surface area contributed by atoms with E-state index >= 15 is 0 Å². The topological polar surface area (TPSA) is 35.5 Å². The van der Waals surface area contributed by atoms with Crippen molar-refractivity contribution in [3.63, 3.8) is 0 Å². The van der Waals surface area contributed by atoms with E-state index in [0.717, 1.165) is 5.57 Å². The maximum absolute atomic E-state index is 12.5. The normalized spacial score (nSPS) is 14.5. The van der Waals surface area contributed by atoms with Gasteiger partial charge in [-0.05, 0) is 41.0 Å². The smallest absolute Gasteiger partial charge is 0.305 e. The molecule has 1 unspecified atom stereocenters. The Morgan fingerprint density at radius 2 is 1.62 bits per heavy atom. The van der Waals surface area contributed by atoms with Gasteiger partial charge in [-0.1, -0.05) is 5.57 Å². The van der Waals surface area contributed by atoms with E-state index in [1.54, 1.807) is 0 Å². The lowest BCUT2D eigenvalue weighted by Gasteiger charge is -2.27. The molecule has 96 valence electrons. The van der Waals surface area contributed by atoms with Crippen molar-refractivity contribution < 1.29 is 13.6 Å². The van der Waals surface area contributed by atoms with E-state index in [1.807, 2.05) is 34.6 Å². The van der Waals surface area contributed by atoms with Crippen molar-refractivity contribution in [3.05, 3.63) is 12.2 Å². The fourth-order valence-corrected chi connectivity index (χ4v) is 3.86. The number of allylic oxidation sites excluding steroid dienone is 1. The highest BCUT2D eigenvalue weighted by Gasteiger charge is 2.35. The average molecular weight is 266 g/mol. The first-order valence-corrected chi connectivity index (χ1v) is 7.59. The lowest BCUT2D eigenvalue weighted by molar-refractivity contribution is 0.141. The minimum atomic E-state index is -3.17. The minimum Gasteiger partial charge on any atom is -0.305 e. The Hall–Kier alpha value is 0.240. The van der Waals surface area contributed by atoms with E-state index in [2.05, 4.69) is 19.2 Å². The Labute approximate surface area is 105 Å². The van der Waals surface area contributed by atoms with Gasteiger partial charge in [0.05, 0.1) is 12.2 Å². The maximum Gasteiger partial charge on any atom is 0.344 e. The van der Waals surface area contributed by atoms with Gasteiger partial charge < -0.3 is 9.05 Å². The summed E-state index contributed by atoms with van der Waals surface area (Å²) in [6.07, 6.45) is 0.230. The first-order chi connectivity index (χ1) is 7.17. The van der Waals surface area contributed by atoms with Gasteiger partial charge in [0.2, 0.25) is 0 Å². The zero-order chi connectivity index (χ0) is 12.9. The number of hydrogen-bond acceptors (Lipinski definition) is 4.